The fraction of sp³-hybridized carbons (Fsp3) is 0.387. The van der Waals surface area contributed by atoms with Crippen LogP contribution in [0.4, 0.5) is 5.82 Å². The number of likely N-dealkylation sites (N-methyl/N-ethyl adjacent to an activating group) is 1. The third-order valence-corrected chi connectivity index (χ3v) is 7.86. The van der Waals surface area contributed by atoms with E-state index in [-0.39, 0.29) is 24.1 Å². The molecule has 3 aromatic heterocycles. The van der Waals surface area contributed by atoms with Crippen LogP contribution in [0.25, 0.3) is 22.0 Å². The van der Waals surface area contributed by atoms with Gasteiger partial charge in [-0.1, -0.05) is 0 Å². The lowest BCUT2D eigenvalue weighted by Gasteiger charge is -2.33. The highest BCUT2D eigenvalue weighted by atomic mass is 16.1. The predicted octanol–water partition coefficient (Wildman–Crippen LogP) is 4.58. The van der Waals surface area contributed by atoms with Crippen molar-refractivity contribution in [3.05, 3.63) is 81.0 Å². The highest BCUT2D eigenvalue weighted by Gasteiger charge is 2.21. The van der Waals surface area contributed by atoms with Crippen molar-refractivity contribution < 1.29 is 4.79 Å². The number of H-pyrrole nitrogens is 1. The number of piperazine rings is 1. The number of hydrogen-bond donors (Lipinski definition) is 2. The van der Waals surface area contributed by atoms with Gasteiger partial charge in [-0.3, -0.25) is 9.59 Å². The third-order valence-electron chi connectivity index (χ3n) is 7.86. The van der Waals surface area contributed by atoms with E-state index in [2.05, 4.69) is 70.0 Å². The second-order valence-corrected chi connectivity index (χ2v) is 11.0. The summed E-state index contributed by atoms with van der Waals surface area (Å²) in [5.74, 6) is 0.778. The van der Waals surface area contributed by atoms with E-state index in [1.807, 2.05) is 39.1 Å². The zero-order valence-corrected chi connectivity index (χ0v) is 23.8. The minimum Gasteiger partial charge on any atom is -0.354 e. The minimum absolute atomic E-state index is 0.166. The maximum atomic E-state index is 13.6. The SMILES string of the molecule is Cc1cc(C)c(CNC(=O)c2cc(-c3ccc(N4CCN(C)CC4)nc3)c3ccn(C(C)C)c3c2C)c(=O)[nH]1. The van der Waals surface area contributed by atoms with Crippen LogP contribution in [0.15, 0.2) is 47.5 Å². The van der Waals surface area contributed by atoms with Crippen LogP contribution in [-0.4, -0.2) is 58.6 Å². The number of aryl methyl sites for hydroxylation is 3. The maximum absolute atomic E-state index is 13.6. The molecule has 8 heteroatoms. The Labute approximate surface area is 229 Å². The monoisotopic (exact) mass is 526 g/mol. The van der Waals surface area contributed by atoms with Crippen LogP contribution in [0.1, 0.15) is 52.6 Å². The van der Waals surface area contributed by atoms with Gasteiger partial charge in [0.2, 0.25) is 0 Å². The van der Waals surface area contributed by atoms with Gasteiger partial charge in [0, 0.05) is 78.9 Å². The zero-order chi connectivity index (χ0) is 27.8. The summed E-state index contributed by atoms with van der Waals surface area (Å²) in [6.45, 7) is 14.2. The summed E-state index contributed by atoms with van der Waals surface area (Å²) < 4.78 is 2.21. The fourth-order valence-corrected chi connectivity index (χ4v) is 5.56. The summed E-state index contributed by atoms with van der Waals surface area (Å²) in [5, 5.41) is 4.10. The number of hydrogen-bond acceptors (Lipinski definition) is 5. The Bertz CT molecular complexity index is 1570. The number of nitrogens with one attached hydrogen (secondary N) is 2. The predicted molar refractivity (Wildman–Crippen MR) is 158 cm³/mol. The van der Waals surface area contributed by atoms with Gasteiger partial charge in [-0.2, -0.15) is 0 Å². The number of benzene rings is 1. The Morgan fingerprint density at radius 3 is 2.46 bits per heavy atom. The highest BCUT2D eigenvalue weighted by molar-refractivity contribution is 6.06. The Balaban J connectivity index is 1.52. The Hall–Kier alpha value is -3.91. The van der Waals surface area contributed by atoms with Gasteiger partial charge in [-0.15, -0.1) is 0 Å². The third kappa shape index (κ3) is 5.21. The molecule has 0 spiro atoms. The lowest BCUT2D eigenvalue weighted by atomic mass is 9.95. The Kier molecular flexibility index (Phi) is 7.32. The molecule has 4 heterocycles. The molecule has 39 heavy (non-hydrogen) atoms. The first-order valence-corrected chi connectivity index (χ1v) is 13.7. The first kappa shape index (κ1) is 26.7. The number of pyridine rings is 2. The van der Waals surface area contributed by atoms with Gasteiger partial charge in [-0.05, 0) is 88.7 Å². The summed E-state index contributed by atoms with van der Waals surface area (Å²) >= 11 is 0. The van der Waals surface area contributed by atoms with E-state index in [0.29, 0.717) is 11.1 Å². The van der Waals surface area contributed by atoms with Crippen LogP contribution in [0.3, 0.4) is 0 Å². The van der Waals surface area contributed by atoms with Crippen molar-refractivity contribution in [1.82, 2.24) is 24.8 Å². The molecule has 204 valence electrons. The number of nitrogens with zero attached hydrogens (tertiary/aromatic N) is 4. The lowest BCUT2D eigenvalue weighted by Crippen LogP contribution is -2.44. The zero-order valence-electron chi connectivity index (χ0n) is 23.8. The van der Waals surface area contributed by atoms with Crippen LogP contribution in [0, 0.1) is 20.8 Å². The number of rotatable bonds is 6. The van der Waals surface area contributed by atoms with Crippen molar-refractivity contribution in [2.75, 3.05) is 38.1 Å². The van der Waals surface area contributed by atoms with E-state index in [4.69, 9.17) is 4.98 Å². The largest absolute Gasteiger partial charge is 0.354 e. The molecule has 0 unspecified atom stereocenters. The van der Waals surface area contributed by atoms with E-state index < -0.39 is 0 Å². The molecule has 4 aromatic rings. The van der Waals surface area contributed by atoms with Gasteiger partial charge in [0.1, 0.15) is 5.82 Å². The van der Waals surface area contributed by atoms with Crippen molar-refractivity contribution in [2.45, 2.75) is 47.2 Å². The number of aromatic nitrogens is 3. The molecule has 1 aliphatic heterocycles. The van der Waals surface area contributed by atoms with Gasteiger partial charge in [0.25, 0.3) is 11.5 Å². The first-order valence-electron chi connectivity index (χ1n) is 13.7. The molecule has 0 atom stereocenters. The van der Waals surface area contributed by atoms with Gasteiger partial charge >= 0.3 is 0 Å². The molecule has 5 rings (SSSR count). The number of fused-ring (bicyclic) bond motifs is 1. The summed E-state index contributed by atoms with van der Waals surface area (Å²) in [5.41, 5.74) is 6.58. The number of carbonyl (C=O) groups is 1. The van der Waals surface area contributed by atoms with Gasteiger partial charge in [0.15, 0.2) is 0 Å². The molecule has 8 nitrogen and oxygen atoms in total. The summed E-state index contributed by atoms with van der Waals surface area (Å²) in [6.07, 6.45) is 4.01. The minimum atomic E-state index is -0.200. The van der Waals surface area contributed by atoms with Gasteiger partial charge < -0.3 is 24.7 Å². The van der Waals surface area contributed by atoms with E-state index >= 15 is 0 Å². The van der Waals surface area contributed by atoms with E-state index in [1.54, 1.807) is 0 Å². The number of aromatic amines is 1. The van der Waals surface area contributed by atoms with Crippen molar-refractivity contribution >= 4 is 22.6 Å². The quantitative estimate of drug-likeness (QED) is 0.384. The molecule has 2 N–H and O–H groups in total. The van der Waals surface area contributed by atoms with Gasteiger partial charge in [-0.25, -0.2) is 4.98 Å². The normalized spacial score (nSPS) is 14.4. The van der Waals surface area contributed by atoms with E-state index in [1.165, 1.54) is 0 Å². The fourth-order valence-electron chi connectivity index (χ4n) is 5.56. The van der Waals surface area contributed by atoms with Crippen molar-refractivity contribution in [1.29, 1.82) is 0 Å². The number of carbonyl (C=O) groups excluding carboxylic acids is 1. The molecule has 1 aromatic carbocycles. The summed E-state index contributed by atoms with van der Waals surface area (Å²) in [4.78, 5) is 38.4. The van der Waals surface area contributed by atoms with Crippen molar-refractivity contribution in [3.8, 4) is 11.1 Å². The average molecular weight is 527 g/mol. The van der Waals surface area contributed by atoms with E-state index in [0.717, 1.165) is 70.8 Å². The molecule has 0 bridgehead atoms. The molecule has 0 aliphatic carbocycles. The van der Waals surface area contributed by atoms with Crippen LogP contribution < -0.4 is 15.8 Å². The molecule has 1 saturated heterocycles. The van der Waals surface area contributed by atoms with E-state index in [9.17, 15) is 9.59 Å². The molecule has 0 saturated carbocycles. The topological polar surface area (TPSA) is 86.3 Å². The first-order chi connectivity index (χ1) is 18.6. The van der Waals surface area contributed by atoms with Crippen LogP contribution in [0.2, 0.25) is 0 Å². The molecule has 1 aliphatic rings. The maximum Gasteiger partial charge on any atom is 0.253 e. The molecular weight excluding hydrogens is 488 g/mol. The van der Waals surface area contributed by atoms with Gasteiger partial charge in [0.05, 0.1) is 5.52 Å². The molecule has 1 amide bonds. The number of amides is 1. The van der Waals surface area contributed by atoms with Crippen molar-refractivity contribution in [3.63, 3.8) is 0 Å². The Morgan fingerprint density at radius 2 is 1.82 bits per heavy atom. The number of anilines is 1. The summed E-state index contributed by atoms with van der Waals surface area (Å²) in [7, 11) is 2.15. The average Bonchev–Trinajstić information content (AvgIpc) is 3.35. The second kappa shape index (κ2) is 10.7. The Morgan fingerprint density at radius 1 is 1.08 bits per heavy atom. The molecule has 1 fully saturated rings. The highest BCUT2D eigenvalue weighted by Crippen LogP contribution is 2.35. The molecular formula is C31H38N6O2. The smallest absolute Gasteiger partial charge is 0.253 e. The summed E-state index contributed by atoms with van der Waals surface area (Å²) in [6, 6.07) is 10.4. The standard InChI is InChI=1S/C31H38N6O2/c1-19(2)37-10-9-24-26(23-7-8-28(32-17-23)36-13-11-35(6)12-14-36)16-25(22(5)29(24)37)30(38)33-18-27-20(3)15-21(4)34-31(27)39/h7-10,15-17,19H,11-14,18H2,1-6H3,(H,33,38)(H,34,39). The lowest BCUT2D eigenvalue weighted by molar-refractivity contribution is 0.0950. The van der Waals surface area contributed by atoms with Crippen LogP contribution in [-0.2, 0) is 6.54 Å². The van der Waals surface area contributed by atoms with Crippen LogP contribution >= 0.6 is 0 Å². The second-order valence-electron chi connectivity index (χ2n) is 11.0. The molecule has 0 radical (unpaired) electrons. The van der Waals surface area contributed by atoms with Crippen molar-refractivity contribution in [2.24, 2.45) is 0 Å². The van der Waals surface area contributed by atoms with Crippen LogP contribution in [0.5, 0.6) is 0 Å².